The van der Waals surface area contributed by atoms with Crippen molar-refractivity contribution in [2.24, 2.45) is 0 Å². The number of nitrogens with zero attached hydrogens (tertiary/aromatic N) is 1. The molecule has 0 saturated carbocycles. The number of carbonyl (C=O) groups is 3. The van der Waals surface area contributed by atoms with Crippen molar-refractivity contribution in [3.8, 4) is 17.2 Å². The van der Waals surface area contributed by atoms with E-state index >= 15 is 0 Å². The summed E-state index contributed by atoms with van der Waals surface area (Å²) in [6.07, 6.45) is 2.26. The van der Waals surface area contributed by atoms with Crippen LogP contribution in [0, 0.1) is 0 Å². The molecule has 1 aromatic heterocycles. The van der Waals surface area contributed by atoms with Gasteiger partial charge in [0.2, 0.25) is 11.5 Å². The Bertz CT molecular complexity index is 1060. The molecule has 2 heterocycles. The third kappa shape index (κ3) is 5.11. The third-order valence-corrected chi connectivity index (χ3v) is 5.01. The Morgan fingerprint density at radius 1 is 1.15 bits per heavy atom. The van der Waals surface area contributed by atoms with Crippen LogP contribution in [-0.2, 0) is 16.1 Å². The van der Waals surface area contributed by atoms with Gasteiger partial charge in [-0.25, -0.2) is 9.59 Å². The minimum Gasteiger partial charge on any atom is -0.493 e. The quantitative estimate of drug-likeness (QED) is 0.345. The topological polar surface area (TPSA) is 117 Å². The van der Waals surface area contributed by atoms with Gasteiger partial charge in [0.15, 0.2) is 11.5 Å². The lowest BCUT2D eigenvalue weighted by atomic mass is 10.1. The van der Waals surface area contributed by atoms with E-state index in [4.69, 9.17) is 18.6 Å². The first-order chi connectivity index (χ1) is 15.8. The number of ether oxygens (including phenoxy) is 4. The number of urea groups is 1. The second kappa shape index (κ2) is 10.1. The summed E-state index contributed by atoms with van der Waals surface area (Å²) in [6.45, 7) is 3.79. The maximum Gasteiger partial charge on any atom is 0.373 e. The van der Waals surface area contributed by atoms with Crippen molar-refractivity contribution in [3.05, 3.63) is 47.0 Å². The Morgan fingerprint density at radius 3 is 2.39 bits per heavy atom. The van der Waals surface area contributed by atoms with Crippen molar-refractivity contribution in [3.63, 3.8) is 0 Å². The lowest BCUT2D eigenvalue weighted by Crippen LogP contribution is -2.30. The van der Waals surface area contributed by atoms with Crippen LogP contribution in [-0.4, -0.2) is 50.2 Å². The fourth-order valence-electron chi connectivity index (χ4n) is 3.10. The molecule has 1 unspecified atom stereocenters. The fourth-order valence-corrected chi connectivity index (χ4v) is 3.10. The molecule has 2 aromatic rings. The second-order valence-corrected chi connectivity index (χ2v) is 7.23. The molecule has 10 heteroatoms. The number of methoxy groups -OCH3 is 3. The maximum absolute atomic E-state index is 12.8. The van der Waals surface area contributed by atoms with Gasteiger partial charge >= 0.3 is 12.0 Å². The first-order valence-corrected chi connectivity index (χ1v) is 10.2. The minimum atomic E-state index is -0.650. The van der Waals surface area contributed by atoms with Gasteiger partial charge < -0.3 is 28.7 Å². The van der Waals surface area contributed by atoms with Crippen molar-refractivity contribution >= 4 is 24.0 Å². The van der Waals surface area contributed by atoms with Crippen LogP contribution in [0.5, 0.6) is 17.2 Å². The molecule has 1 atom stereocenters. The molecule has 3 rings (SSSR count). The van der Waals surface area contributed by atoms with Crippen molar-refractivity contribution < 1.29 is 37.7 Å². The van der Waals surface area contributed by atoms with E-state index in [0.29, 0.717) is 22.8 Å². The van der Waals surface area contributed by atoms with E-state index in [0.717, 1.165) is 11.3 Å². The number of benzene rings is 1. The number of nitrogens with one attached hydrogen (secondary N) is 1. The number of esters is 1. The van der Waals surface area contributed by atoms with Gasteiger partial charge in [-0.2, -0.15) is 0 Å². The summed E-state index contributed by atoms with van der Waals surface area (Å²) in [5, 5.41) is 2.55. The number of hydrogen-bond donors (Lipinski definition) is 1. The van der Waals surface area contributed by atoms with Gasteiger partial charge in [0.1, 0.15) is 11.5 Å². The van der Waals surface area contributed by atoms with Gasteiger partial charge in [0, 0.05) is 0 Å². The average molecular weight is 458 g/mol. The van der Waals surface area contributed by atoms with Crippen LogP contribution < -0.4 is 19.5 Å². The van der Waals surface area contributed by atoms with Gasteiger partial charge in [-0.15, -0.1) is 0 Å². The molecular weight excluding hydrogens is 432 g/mol. The van der Waals surface area contributed by atoms with Crippen LogP contribution in [0.3, 0.4) is 0 Å². The number of amides is 3. The van der Waals surface area contributed by atoms with Gasteiger partial charge in [0.25, 0.3) is 5.91 Å². The molecule has 0 aliphatic carbocycles. The molecule has 3 amide bonds. The minimum absolute atomic E-state index is 0.0193. The summed E-state index contributed by atoms with van der Waals surface area (Å²) in [5.41, 5.74) is 0.635. The lowest BCUT2D eigenvalue weighted by Gasteiger charge is -2.19. The van der Waals surface area contributed by atoms with E-state index < -0.39 is 17.9 Å². The zero-order valence-corrected chi connectivity index (χ0v) is 19.1. The van der Waals surface area contributed by atoms with E-state index in [2.05, 4.69) is 10.1 Å². The first-order valence-electron chi connectivity index (χ1n) is 10.2. The molecule has 33 heavy (non-hydrogen) atoms. The highest BCUT2D eigenvalue weighted by Gasteiger charge is 2.34. The molecule has 1 aliphatic heterocycles. The normalized spacial score (nSPS) is 15.4. The van der Waals surface area contributed by atoms with Gasteiger partial charge in [-0.05, 0) is 49.2 Å². The molecule has 1 aliphatic rings. The zero-order valence-electron chi connectivity index (χ0n) is 19.1. The molecule has 1 N–H and O–H groups in total. The number of carbonyl (C=O) groups excluding carboxylic acids is 3. The summed E-state index contributed by atoms with van der Waals surface area (Å²) >= 11 is 0. The van der Waals surface area contributed by atoms with E-state index in [1.165, 1.54) is 39.5 Å². The molecule has 0 radical (unpaired) electrons. The van der Waals surface area contributed by atoms with Crippen LogP contribution in [0.2, 0.25) is 0 Å². The smallest absolute Gasteiger partial charge is 0.373 e. The average Bonchev–Trinajstić information content (AvgIpc) is 3.39. The fraction of sp³-hybridized carbons (Fsp3) is 0.348. The van der Waals surface area contributed by atoms with Crippen LogP contribution in [0.15, 0.2) is 34.4 Å². The predicted octanol–water partition coefficient (Wildman–Crippen LogP) is 3.35. The Balaban J connectivity index is 1.85. The van der Waals surface area contributed by atoms with Gasteiger partial charge in [0.05, 0.1) is 34.0 Å². The molecule has 0 bridgehead atoms. The van der Waals surface area contributed by atoms with E-state index in [9.17, 15) is 14.4 Å². The number of hydrogen-bond acceptors (Lipinski definition) is 8. The Morgan fingerprint density at radius 2 is 1.82 bits per heavy atom. The summed E-state index contributed by atoms with van der Waals surface area (Å²) in [7, 11) is 4.24. The van der Waals surface area contributed by atoms with Crippen LogP contribution >= 0.6 is 0 Å². The lowest BCUT2D eigenvalue weighted by molar-refractivity contribution is -0.123. The third-order valence-electron chi connectivity index (χ3n) is 5.01. The highest BCUT2D eigenvalue weighted by atomic mass is 16.5. The number of rotatable bonds is 9. The Labute approximate surface area is 191 Å². The first kappa shape index (κ1) is 23.7. The van der Waals surface area contributed by atoms with E-state index in [1.807, 2.05) is 13.8 Å². The molecule has 1 aromatic carbocycles. The SMILES string of the molecule is CCC(C)Oc1c(OC)cc(C=C2NC(=O)N(Cc3ccc(C(=O)OC)o3)C2=O)cc1OC. The zero-order chi connectivity index (χ0) is 24.1. The van der Waals surface area contributed by atoms with E-state index in [1.54, 1.807) is 12.1 Å². The molecule has 176 valence electrons. The Kier molecular flexibility index (Phi) is 7.27. The molecular formula is C23H26N2O8. The standard InChI is InChI=1S/C23H26N2O8/c1-6-13(2)32-20-18(29-3)10-14(11-19(20)30-4)9-16-21(26)25(23(28)24-16)12-15-7-8-17(33-15)22(27)31-5/h7-11,13H,6,12H2,1-5H3,(H,24,28). The largest absolute Gasteiger partial charge is 0.493 e. The van der Waals surface area contributed by atoms with Crippen molar-refractivity contribution in [1.29, 1.82) is 0 Å². The predicted molar refractivity (Wildman–Crippen MR) is 117 cm³/mol. The van der Waals surface area contributed by atoms with Gasteiger partial charge in [-0.3, -0.25) is 9.69 Å². The number of furan rings is 1. The van der Waals surface area contributed by atoms with Crippen molar-refractivity contribution in [2.45, 2.75) is 32.9 Å². The molecule has 1 saturated heterocycles. The van der Waals surface area contributed by atoms with Gasteiger partial charge in [-0.1, -0.05) is 6.92 Å². The highest BCUT2D eigenvalue weighted by Crippen LogP contribution is 2.40. The van der Waals surface area contributed by atoms with Crippen LogP contribution in [0.25, 0.3) is 6.08 Å². The molecule has 1 fully saturated rings. The van der Waals surface area contributed by atoms with Crippen molar-refractivity contribution in [2.75, 3.05) is 21.3 Å². The van der Waals surface area contributed by atoms with Crippen LogP contribution in [0.1, 0.15) is 42.1 Å². The van der Waals surface area contributed by atoms with E-state index in [-0.39, 0.29) is 29.9 Å². The summed E-state index contributed by atoms with van der Waals surface area (Å²) in [5.74, 6) is 0.363. The maximum atomic E-state index is 12.8. The second-order valence-electron chi connectivity index (χ2n) is 7.23. The summed E-state index contributed by atoms with van der Waals surface area (Å²) in [4.78, 5) is 37.7. The summed E-state index contributed by atoms with van der Waals surface area (Å²) in [6, 6.07) is 5.67. The Hall–Kier alpha value is -3.95. The van der Waals surface area contributed by atoms with Crippen LogP contribution in [0.4, 0.5) is 4.79 Å². The molecule has 10 nitrogen and oxygen atoms in total. The monoisotopic (exact) mass is 458 g/mol. The molecule has 0 spiro atoms. The summed E-state index contributed by atoms with van der Waals surface area (Å²) < 4.78 is 26.8. The van der Waals surface area contributed by atoms with Crippen molar-refractivity contribution in [1.82, 2.24) is 10.2 Å². The highest BCUT2D eigenvalue weighted by molar-refractivity contribution is 6.13. The number of imide groups is 1.